The number of nitrogens with zero attached hydrogens (tertiary/aromatic N) is 1. The van der Waals surface area contributed by atoms with Crippen molar-refractivity contribution in [2.75, 3.05) is 19.6 Å². The lowest BCUT2D eigenvalue weighted by atomic mass is 9.97. The molecular formula is C14H27N3O. The Bertz CT molecular complexity index is 282. The second-order valence-electron chi connectivity index (χ2n) is 5.78. The van der Waals surface area contributed by atoms with E-state index in [1.165, 1.54) is 25.9 Å². The SMILES string of the molecule is CCNC(C)CC(=O)NC1CCN2CCCC2C1. The Morgan fingerprint density at radius 2 is 2.22 bits per heavy atom. The zero-order chi connectivity index (χ0) is 13.0. The van der Waals surface area contributed by atoms with Gasteiger partial charge in [0, 0.05) is 31.1 Å². The molecule has 2 rings (SSSR count). The van der Waals surface area contributed by atoms with Gasteiger partial charge in [0.2, 0.25) is 5.91 Å². The van der Waals surface area contributed by atoms with E-state index in [-0.39, 0.29) is 11.9 Å². The number of carbonyl (C=O) groups excluding carboxylic acids is 1. The molecule has 0 aromatic rings. The van der Waals surface area contributed by atoms with E-state index < -0.39 is 0 Å². The topological polar surface area (TPSA) is 44.4 Å². The van der Waals surface area contributed by atoms with E-state index >= 15 is 0 Å². The van der Waals surface area contributed by atoms with Gasteiger partial charge in [0.05, 0.1) is 0 Å². The second-order valence-corrected chi connectivity index (χ2v) is 5.78. The first-order valence-electron chi connectivity index (χ1n) is 7.45. The van der Waals surface area contributed by atoms with Crippen LogP contribution in [-0.2, 0) is 4.79 Å². The van der Waals surface area contributed by atoms with E-state index in [0.717, 1.165) is 25.4 Å². The fraction of sp³-hybridized carbons (Fsp3) is 0.929. The average Bonchev–Trinajstić information content (AvgIpc) is 2.76. The zero-order valence-electron chi connectivity index (χ0n) is 11.7. The van der Waals surface area contributed by atoms with Crippen LogP contribution in [0.25, 0.3) is 0 Å². The van der Waals surface area contributed by atoms with Crippen LogP contribution in [0.3, 0.4) is 0 Å². The molecule has 0 aromatic carbocycles. The van der Waals surface area contributed by atoms with Crippen molar-refractivity contribution in [1.82, 2.24) is 15.5 Å². The third-order valence-corrected chi connectivity index (χ3v) is 4.23. The molecule has 0 radical (unpaired) electrons. The van der Waals surface area contributed by atoms with Gasteiger partial charge in [-0.2, -0.15) is 0 Å². The molecule has 0 spiro atoms. The minimum Gasteiger partial charge on any atom is -0.353 e. The molecule has 0 bridgehead atoms. The van der Waals surface area contributed by atoms with E-state index in [0.29, 0.717) is 12.5 Å². The highest BCUT2D eigenvalue weighted by Gasteiger charge is 2.32. The molecule has 18 heavy (non-hydrogen) atoms. The largest absolute Gasteiger partial charge is 0.353 e. The lowest BCUT2D eigenvalue weighted by Gasteiger charge is -2.35. The highest BCUT2D eigenvalue weighted by molar-refractivity contribution is 5.76. The number of hydrogen-bond acceptors (Lipinski definition) is 3. The maximum atomic E-state index is 11.9. The summed E-state index contributed by atoms with van der Waals surface area (Å²) >= 11 is 0. The smallest absolute Gasteiger partial charge is 0.221 e. The molecule has 1 amide bonds. The first-order valence-corrected chi connectivity index (χ1v) is 7.45. The number of rotatable bonds is 5. The molecule has 0 aromatic heterocycles. The van der Waals surface area contributed by atoms with Gasteiger partial charge in [0.25, 0.3) is 0 Å². The van der Waals surface area contributed by atoms with Gasteiger partial charge in [0.1, 0.15) is 0 Å². The normalized spacial score (nSPS) is 29.9. The molecule has 2 fully saturated rings. The summed E-state index contributed by atoms with van der Waals surface area (Å²) < 4.78 is 0. The van der Waals surface area contributed by atoms with E-state index in [9.17, 15) is 4.79 Å². The van der Waals surface area contributed by atoms with Crippen molar-refractivity contribution < 1.29 is 4.79 Å². The van der Waals surface area contributed by atoms with Gasteiger partial charge in [0.15, 0.2) is 0 Å². The maximum Gasteiger partial charge on any atom is 0.221 e. The second kappa shape index (κ2) is 6.53. The van der Waals surface area contributed by atoms with Crippen molar-refractivity contribution in [2.45, 2.75) is 64.1 Å². The van der Waals surface area contributed by atoms with Crippen LogP contribution in [0.2, 0.25) is 0 Å². The van der Waals surface area contributed by atoms with Crippen molar-refractivity contribution in [2.24, 2.45) is 0 Å². The molecule has 4 heteroatoms. The van der Waals surface area contributed by atoms with Gasteiger partial charge in [-0.3, -0.25) is 4.79 Å². The van der Waals surface area contributed by atoms with Crippen LogP contribution in [-0.4, -0.2) is 48.6 Å². The van der Waals surface area contributed by atoms with Gasteiger partial charge in [-0.25, -0.2) is 0 Å². The molecule has 2 aliphatic rings. The van der Waals surface area contributed by atoms with Crippen LogP contribution in [0.5, 0.6) is 0 Å². The minimum atomic E-state index is 0.208. The van der Waals surface area contributed by atoms with Gasteiger partial charge in [-0.05, 0) is 45.7 Å². The quantitative estimate of drug-likeness (QED) is 0.771. The van der Waals surface area contributed by atoms with Crippen LogP contribution >= 0.6 is 0 Å². The summed E-state index contributed by atoms with van der Waals surface area (Å²) in [6.07, 6.45) is 5.53. The van der Waals surface area contributed by atoms with E-state index in [2.05, 4.69) is 29.4 Å². The monoisotopic (exact) mass is 253 g/mol. The highest BCUT2D eigenvalue weighted by atomic mass is 16.1. The van der Waals surface area contributed by atoms with Crippen molar-refractivity contribution in [3.8, 4) is 0 Å². The molecule has 4 nitrogen and oxygen atoms in total. The Balaban J connectivity index is 1.71. The number of nitrogens with one attached hydrogen (secondary N) is 2. The summed E-state index contributed by atoms with van der Waals surface area (Å²) in [5.41, 5.74) is 0. The number of carbonyl (C=O) groups is 1. The van der Waals surface area contributed by atoms with Crippen molar-refractivity contribution in [3.05, 3.63) is 0 Å². The molecule has 0 saturated carbocycles. The van der Waals surface area contributed by atoms with E-state index in [1.54, 1.807) is 0 Å². The average molecular weight is 253 g/mol. The maximum absolute atomic E-state index is 11.9. The zero-order valence-corrected chi connectivity index (χ0v) is 11.7. The summed E-state index contributed by atoms with van der Waals surface area (Å²) in [6.45, 7) is 7.50. The lowest BCUT2D eigenvalue weighted by Crippen LogP contribution is -2.48. The number of hydrogen-bond donors (Lipinski definition) is 2. The standard InChI is InChI=1S/C14H27N3O/c1-3-15-11(2)9-14(18)16-12-6-8-17-7-4-5-13(17)10-12/h11-13,15H,3-10H2,1-2H3,(H,16,18). The molecule has 104 valence electrons. The number of fused-ring (bicyclic) bond motifs is 1. The summed E-state index contributed by atoms with van der Waals surface area (Å²) in [5, 5.41) is 6.50. The molecule has 2 saturated heterocycles. The van der Waals surface area contributed by atoms with E-state index in [4.69, 9.17) is 0 Å². The Morgan fingerprint density at radius 1 is 1.39 bits per heavy atom. The molecule has 2 aliphatic heterocycles. The van der Waals surface area contributed by atoms with Crippen molar-refractivity contribution >= 4 is 5.91 Å². The third kappa shape index (κ3) is 3.69. The highest BCUT2D eigenvalue weighted by Crippen LogP contribution is 2.26. The van der Waals surface area contributed by atoms with Crippen LogP contribution in [0, 0.1) is 0 Å². The molecule has 2 heterocycles. The number of piperidine rings is 1. The summed E-state index contributed by atoms with van der Waals surface area (Å²) in [5.74, 6) is 0.208. The first-order chi connectivity index (χ1) is 8.69. The van der Waals surface area contributed by atoms with Crippen molar-refractivity contribution in [3.63, 3.8) is 0 Å². The van der Waals surface area contributed by atoms with Gasteiger partial charge < -0.3 is 15.5 Å². The molecule has 3 unspecified atom stereocenters. The predicted molar refractivity (Wildman–Crippen MR) is 73.5 cm³/mol. The molecule has 2 N–H and O–H groups in total. The summed E-state index contributed by atoms with van der Waals surface area (Å²) in [7, 11) is 0. The van der Waals surface area contributed by atoms with Crippen LogP contribution in [0.1, 0.15) is 46.0 Å². The van der Waals surface area contributed by atoms with E-state index in [1.807, 2.05) is 0 Å². The van der Waals surface area contributed by atoms with Crippen LogP contribution in [0.4, 0.5) is 0 Å². The Kier molecular flexibility index (Phi) is 5.01. The molecule has 3 atom stereocenters. The van der Waals surface area contributed by atoms with Gasteiger partial charge in [-0.15, -0.1) is 0 Å². The van der Waals surface area contributed by atoms with Crippen molar-refractivity contribution in [1.29, 1.82) is 0 Å². The third-order valence-electron chi connectivity index (χ3n) is 4.23. The van der Waals surface area contributed by atoms with Crippen LogP contribution < -0.4 is 10.6 Å². The minimum absolute atomic E-state index is 0.208. The fourth-order valence-electron chi connectivity index (χ4n) is 3.34. The predicted octanol–water partition coefficient (Wildman–Crippen LogP) is 1.12. The molecular weight excluding hydrogens is 226 g/mol. The summed E-state index contributed by atoms with van der Waals surface area (Å²) in [6, 6.07) is 1.42. The number of amides is 1. The van der Waals surface area contributed by atoms with Gasteiger partial charge >= 0.3 is 0 Å². The lowest BCUT2D eigenvalue weighted by molar-refractivity contribution is -0.122. The Morgan fingerprint density at radius 3 is 3.00 bits per heavy atom. The van der Waals surface area contributed by atoms with Gasteiger partial charge in [-0.1, -0.05) is 6.92 Å². The first kappa shape index (κ1) is 13.8. The fourth-order valence-corrected chi connectivity index (χ4v) is 3.34. The Hall–Kier alpha value is -0.610. The summed E-state index contributed by atoms with van der Waals surface area (Å²) in [4.78, 5) is 14.5. The Labute approximate surface area is 110 Å². The van der Waals surface area contributed by atoms with Crippen LogP contribution in [0.15, 0.2) is 0 Å². The molecule has 0 aliphatic carbocycles.